The lowest BCUT2D eigenvalue weighted by atomic mass is 10.1. The van der Waals surface area contributed by atoms with Gasteiger partial charge in [-0.1, -0.05) is 59.1 Å². The predicted octanol–water partition coefficient (Wildman–Crippen LogP) is 5.88. The standard InChI is InChI=1S/C18H13Cl3N2OS/c19-13-6-5-12(16(21)9-13)8-17(24)23-18-22-10-14(25-18)7-11-3-1-2-4-15(11)20/h1-6,9-10H,7-8H2,(H,22,23,24). The Bertz CT molecular complexity index is 911. The van der Waals surface area contributed by atoms with Crippen LogP contribution in [0.25, 0.3) is 0 Å². The first-order chi connectivity index (χ1) is 12.0. The van der Waals surface area contributed by atoms with Crippen LogP contribution in [0.5, 0.6) is 0 Å². The van der Waals surface area contributed by atoms with Gasteiger partial charge in [-0.05, 0) is 29.3 Å². The summed E-state index contributed by atoms with van der Waals surface area (Å²) in [5, 5.41) is 5.08. The number of rotatable bonds is 5. The minimum atomic E-state index is -0.178. The molecule has 7 heteroatoms. The van der Waals surface area contributed by atoms with E-state index in [2.05, 4.69) is 10.3 Å². The Morgan fingerprint density at radius 3 is 2.60 bits per heavy atom. The van der Waals surface area contributed by atoms with E-state index in [1.54, 1.807) is 24.4 Å². The van der Waals surface area contributed by atoms with Gasteiger partial charge in [0.1, 0.15) is 0 Å². The summed E-state index contributed by atoms with van der Waals surface area (Å²) in [6.07, 6.45) is 2.59. The van der Waals surface area contributed by atoms with E-state index in [1.165, 1.54) is 11.3 Å². The van der Waals surface area contributed by atoms with E-state index in [0.29, 0.717) is 21.6 Å². The van der Waals surface area contributed by atoms with Crippen LogP contribution in [0.3, 0.4) is 0 Å². The van der Waals surface area contributed by atoms with Crippen molar-refractivity contribution < 1.29 is 4.79 Å². The third-order valence-corrected chi connectivity index (χ3v) is 5.36. The Hall–Kier alpha value is -1.59. The van der Waals surface area contributed by atoms with E-state index in [9.17, 15) is 4.79 Å². The van der Waals surface area contributed by atoms with Gasteiger partial charge in [-0.2, -0.15) is 0 Å². The molecule has 0 fully saturated rings. The quantitative estimate of drug-likeness (QED) is 0.570. The molecular formula is C18H13Cl3N2OS. The number of nitrogens with one attached hydrogen (secondary N) is 1. The fraction of sp³-hybridized carbons (Fsp3) is 0.111. The number of anilines is 1. The highest BCUT2D eigenvalue weighted by molar-refractivity contribution is 7.15. The number of thiazole rings is 1. The van der Waals surface area contributed by atoms with Gasteiger partial charge in [-0.3, -0.25) is 4.79 Å². The molecule has 1 heterocycles. The molecule has 3 aromatic rings. The van der Waals surface area contributed by atoms with Crippen LogP contribution in [0.15, 0.2) is 48.7 Å². The number of halogens is 3. The van der Waals surface area contributed by atoms with Gasteiger partial charge < -0.3 is 5.32 Å². The van der Waals surface area contributed by atoms with Crippen molar-refractivity contribution in [3.63, 3.8) is 0 Å². The van der Waals surface area contributed by atoms with E-state index in [4.69, 9.17) is 34.8 Å². The van der Waals surface area contributed by atoms with Crippen molar-refractivity contribution in [1.82, 2.24) is 4.98 Å². The van der Waals surface area contributed by atoms with Gasteiger partial charge in [0.15, 0.2) is 5.13 Å². The van der Waals surface area contributed by atoms with Crippen molar-refractivity contribution in [2.24, 2.45) is 0 Å². The number of amides is 1. The number of hydrogen-bond donors (Lipinski definition) is 1. The van der Waals surface area contributed by atoms with Crippen LogP contribution in [0.4, 0.5) is 5.13 Å². The highest BCUT2D eigenvalue weighted by atomic mass is 35.5. The molecule has 1 amide bonds. The second-order valence-electron chi connectivity index (χ2n) is 5.36. The monoisotopic (exact) mass is 410 g/mol. The van der Waals surface area contributed by atoms with Crippen LogP contribution in [0, 0.1) is 0 Å². The van der Waals surface area contributed by atoms with Gasteiger partial charge in [0.05, 0.1) is 6.42 Å². The van der Waals surface area contributed by atoms with Gasteiger partial charge >= 0.3 is 0 Å². The molecule has 3 nitrogen and oxygen atoms in total. The summed E-state index contributed by atoms with van der Waals surface area (Å²) in [7, 11) is 0. The van der Waals surface area contributed by atoms with E-state index in [1.807, 2.05) is 24.3 Å². The summed E-state index contributed by atoms with van der Waals surface area (Å²) in [6.45, 7) is 0. The first-order valence-electron chi connectivity index (χ1n) is 7.43. The van der Waals surface area contributed by atoms with Crippen LogP contribution >= 0.6 is 46.1 Å². The van der Waals surface area contributed by atoms with Crippen LogP contribution in [0.1, 0.15) is 16.0 Å². The fourth-order valence-corrected chi connectivity index (χ4v) is 3.81. The zero-order chi connectivity index (χ0) is 17.8. The van der Waals surface area contributed by atoms with Crippen LogP contribution < -0.4 is 5.32 Å². The summed E-state index contributed by atoms with van der Waals surface area (Å²) < 4.78 is 0. The minimum absolute atomic E-state index is 0.162. The smallest absolute Gasteiger partial charge is 0.230 e. The number of carbonyl (C=O) groups excluding carboxylic acids is 1. The lowest BCUT2D eigenvalue weighted by molar-refractivity contribution is -0.115. The maximum absolute atomic E-state index is 12.2. The number of aromatic nitrogens is 1. The molecule has 0 bridgehead atoms. The SMILES string of the molecule is O=C(Cc1ccc(Cl)cc1Cl)Nc1ncc(Cc2ccccc2Cl)s1. The van der Waals surface area contributed by atoms with E-state index >= 15 is 0 Å². The lowest BCUT2D eigenvalue weighted by Crippen LogP contribution is -2.14. The molecule has 0 aliphatic rings. The summed E-state index contributed by atoms with van der Waals surface area (Å²) in [5.74, 6) is -0.178. The Kier molecular flexibility index (Phi) is 5.97. The Balaban J connectivity index is 1.63. The molecule has 0 spiro atoms. The second kappa shape index (κ2) is 8.19. The number of hydrogen-bond acceptors (Lipinski definition) is 3. The molecule has 0 radical (unpaired) electrons. The number of nitrogens with zero attached hydrogens (tertiary/aromatic N) is 1. The number of benzene rings is 2. The lowest BCUT2D eigenvalue weighted by Gasteiger charge is -2.04. The highest BCUT2D eigenvalue weighted by Gasteiger charge is 2.11. The van der Waals surface area contributed by atoms with Crippen LogP contribution in [-0.4, -0.2) is 10.9 Å². The molecule has 0 unspecified atom stereocenters. The summed E-state index contributed by atoms with van der Waals surface area (Å²) in [6, 6.07) is 12.7. The van der Waals surface area contributed by atoms with E-state index in [0.717, 1.165) is 21.0 Å². The van der Waals surface area contributed by atoms with Crippen molar-refractivity contribution in [3.05, 3.63) is 79.7 Å². The molecule has 0 atom stereocenters. The molecule has 0 saturated carbocycles. The normalized spacial score (nSPS) is 10.7. The molecule has 1 N–H and O–H groups in total. The van der Waals surface area contributed by atoms with Crippen molar-refractivity contribution in [2.75, 3.05) is 5.32 Å². The highest BCUT2D eigenvalue weighted by Crippen LogP contribution is 2.25. The first kappa shape index (κ1) is 18.2. The van der Waals surface area contributed by atoms with Crippen molar-refractivity contribution in [1.29, 1.82) is 0 Å². The average molecular weight is 412 g/mol. The molecule has 25 heavy (non-hydrogen) atoms. The molecule has 1 aromatic heterocycles. The zero-order valence-corrected chi connectivity index (χ0v) is 16.0. The van der Waals surface area contributed by atoms with Crippen molar-refractivity contribution in [3.8, 4) is 0 Å². The van der Waals surface area contributed by atoms with Gasteiger partial charge in [-0.25, -0.2) is 4.98 Å². The predicted molar refractivity (Wildman–Crippen MR) is 105 cm³/mol. The maximum Gasteiger partial charge on any atom is 0.230 e. The third-order valence-electron chi connectivity index (χ3n) is 3.49. The average Bonchev–Trinajstić information content (AvgIpc) is 2.99. The second-order valence-corrected chi connectivity index (χ2v) is 7.73. The summed E-state index contributed by atoms with van der Waals surface area (Å²) in [4.78, 5) is 17.5. The Morgan fingerprint density at radius 2 is 1.84 bits per heavy atom. The van der Waals surface area contributed by atoms with E-state index in [-0.39, 0.29) is 12.3 Å². The largest absolute Gasteiger partial charge is 0.302 e. The topological polar surface area (TPSA) is 42.0 Å². The molecule has 0 saturated heterocycles. The summed E-state index contributed by atoms with van der Waals surface area (Å²) >= 11 is 19.6. The summed E-state index contributed by atoms with van der Waals surface area (Å²) in [5.41, 5.74) is 1.75. The third kappa shape index (κ3) is 4.95. The number of carbonyl (C=O) groups is 1. The maximum atomic E-state index is 12.2. The minimum Gasteiger partial charge on any atom is -0.302 e. The molecular weight excluding hydrogens is 399 g/mol. The molecule has 128 valence electrons. The molecule has 0 aliphatic heterocycles. The van der Waals surface area contributed by atoms with Gasteiger partial charge in [-0.15, -0.1) is 11.3 Å². The van der Waals surface area contributed by atoms with Crippen LogP contribution in [0.2, 0.25) is 15.1 Å². The Morgan fingerprint density at radius 1 is 1.04 bits per heavy atom. The fourth-order valence-electron chi connectivity index (χ4n) is 2.28. The Labute approximate surface area is 164 Å². The van der Waals surface area contributed by atoms with Gasteiger partial charge in [0.2, 0.25) is 5.91 Å². The van der Waals surface area contributed by atoms with Crippen molar-refractivity contribution in [2.45, 2.75) is 12.8 Å². The first-order valence-corrected chi connectivity index (χ1v) is 9.38. The van der Waals surface area contributed by atoms with E-state index < -0.39 is 0 Å². The van der Waals surface area contributed by atoms with Gasteiger partial charge in [0.25, 0.3) is 0 Å². The zero-order valence-electron chi connectivity index (χ0n) is 12.9. The van der Waals surface area contributed by atoms with Gasteiger partial charge in [0, 0.05) is 32.6 Å². The molecule has 3 rings (SSSR count). The molecule has 0 aliphatic carbocycles. The van der Waals surface area contributed by atoms with Crippen molar-refractivity contribution >= 4 is 57.2 Å². The van der Waals surface area contributed by atoms with Crippen LogP contribution in [-0.2, 0) is 17.6 Å². The molecule has 2 aromatic carbocycles.